The monoisotopic (exact) mass is 823 g/mol. The number of imide groups is 2. The summed E-state index contributed by atoms with van der Waals surface area (Å²) in [7, 11) is 0. The van der Waals surface area contributed by atoms with E-state index in [9.17, 15) is 28.4 Å². The number of aromatic nitrogens is 6. The van der Waals surface area contributed by atoms with Gasteiger partial charge in [-0.15, -0.1) is 0 Å². The Morgan fingerprint density at radius 1 is 0.915 bits per heavy atom. The first-order valence-corrected chi connectivity index (χ1v) is 19.3. The van der Waals surface area contributed by atoms with Gasteiger partial charge in [0, 0.05) is 57.7 Å². The molecule has 2 saturated carbocycles. The Labute approximate surface area is 341 Å². The van der Waals surface area contributed by atoms with Crippen molar-refractivity contribution in [2.45, 2.75) is 83.9 Å². The zero-order valence-electron chi connectivity index (χ0n) is 32.4. The molecule has 0 radical (unpaired) electrons. The SMILES string of the molecule is CC(C)(C)OC(=O)N(c1cc(Cl)nc2c(/C=C3\CC(=O)NC3=O)cnn12)C1CC1.Cc1c(F)cccc1Nc1cc(NC2CC2)n2ncc(/C=C3\CC(=O)NC3=O)c2n1. The van der Waals surface area contributed by atoms with Gasteiger partial charge in [0.25, 0.3) is 11.8 Å². The molecule has 4 aliphatic rings. The molecule has 304 valence electrons. The van der Waals surface area contributed by atoms with Crippen LogP contribution in [0.25, 0.3) is 23.4 Å². The number of hydrogen-bond donors (Lipinski definition) is 4. The fourth-order valence-corrected chi connectivity index (χ4v) is 6.64. The third kappa shape index (κ3) is 8.62. The molecule has 0 unspecified atom stereocenters. The third-order valence-corrected chi connectivity index (χ3v) is 9.80. The Morgan fingerprint density at radius 2 is 1.53 bits per heavy atom. The van der Waals surface area contributed by atoms with Gasteiger partial charge in [-0.2, -0.15) is 19.2 Å². The zero-order chi connectivity index (χ0) is 41.7. The summed E-state index contributed by atoms with van der Waals surface area (Å²) in [5.74, 6) is -0.116. The summed E-state index contributed by atoms with van der Waals surface area (Å²) in [6.07, 6.45) is 9.72. The van der Waals surface area contributed by atoms with E-state index in [0.717, 1.165) is 31.5 Å². The highest BCUT2D eigenvalue weighted by Gasteiger charge is 2.38. The number of fused-ring (bicyclic) bond motifs is 2. The smallest absolute Gasteiger partial charge is 0.416 e. The summed E-state index contributed by atoms with van der Waals surface area (Å²) >= 11 is 6.24. The van der Waals surface area contributed by atoms with Crippen LogP contribution >= 0.6 is 11.6 Å². The van der Waals surface area contributed by atoms with Crippen molar-refractivity contribution in [3.05, 3.63) is 81.5 Å². The van der Waals surface area contributed by atoms with Crippen LogP contribution in [0.1, 0.15) is 76.0 Å². The Kier molecular flexibility index (Phi) is 10.1. The summed E-state index contributed by atoms with van der Waals surface area (Å²) in [5, 5.41) is 20.0. The normalized spacial score (nSPS) is 18.0. The molecule has 9 rings (SSSR count). The van der Waals surface area contributed by atoms with Crippen LogP contribution in [0.3, 0.4) is 0 Å². The van der Waals surface area contributed by atoms with Crippen LogP contribution in [0.2, 0.25) is 5.15 Å². The van der Waals surface area contributed by atoms with Gasteiger partial charge in [0.2, 0.25) is 11.8 Å². The number of hydrogen-bond acceptors (Lipinski definition) is 12. The first kappa shape index (κ1) is 39.2. The number of anilines is 4. The lowest BCUT2D eigenvalue weighted by atomic mass is 10.1. The van der Waals surface area contributed by atoms with Gasteiger partial charge in [0.05, 0.1) is 25.2 Å². The number of carbonyl (C=O) groups is 5. The predicted octanol–water partition coefficient (Wildman–Crippen LogP) is 5.64. The Morgan fingerprint density at radius 3 is 2.08 bits per heavy atom. The molecule has 4 N–H and O–H groups in total. The number of halogens is 2. The van der Waals surface area contributed by atoms with Crippen LogP contribution in [-0.4, -0.2) is 76.6 Å². The van der Waals surface area contributed by atoms with E-state index in [1.165, 1.54) is 16.8 Å². The predicted molar refractivity (Wildman–Crippen MR) is 215 cm³/mol. The number of nitrogens with one attached hydrogen (secondary N) is 4. The molecule has 0 bridgehead atoms. The molecule has 5 amide bonds. The van der Waals surface area contributed by atoms with E-state index in [1.807, 2.05) is 6.07 Å². The molecule has 2 aliphatic heterocycles. The van der Waals surface area contributed by atoms with E-state index >= 15 is 0 Å². The zero-order valence-corrected chi connectivity index (χ0v) is 33.2. The first-order valence-electron chi connectivity index (χ1n) is 18.9. The van der Waals surface area contributed by atoms with Gasteiger partial charge >= 0.3 is 6.09 Å². The maximum absolute atomic E-state index is 13.9. The van der Waals surface area contributed by atoms with Crippen LogP contribution in [0.15, 0.2) is 53.9 Å². The number of benzene rings is 1. The molecule has 0 spiro atoms. The number of amides is 5. The summed E-state index contributed by atoms with van der Waals surface area (Å²) in [4.78, 5) is 70.1. The van der Waals surface area contributed by atoms with Crippen LogP contribution in [-0.2, 0) is 23.9 Å². The highest BCUT2D eigenvalue weighted by molar-refractivity contribution is 6.30. The largest absolute Gasteiger partial charge is 0.443 e. The van der Waals surface area contributed by atoms with Crippen LogP contribution in [0.4, 0.5) is 32.3 Å². The van der Waals surface area contributed by atoms with Gasteiger partial charge in [0.1, 0.15) is 34.0 Å². The molecule has 6 heterocycles. The van der Waals surface area contributed by atoms with Crippen molar-refractivity contribution in [1.82, 2.24) is 39.8 Å². The van der Waals surface area contributed by atoms with Crippen molar-refractivity contribution < 1.29 is 33.1 Å². The average molecular weight is 824 g/mol. The summed E-state index contributed by atoms with van der Waals surface area (Å²) in [6.45, 7) is 7.11. The molecular weight excluding hydrogens is 785 g/mol. The fourth-order valence-electron chi connectivity index (χ4n) is 6.47. The highest BCUT2D eigenvalue weighted by Crippen LogP contribution is 2.35. The van der Waals surface area contributed by atoms with Gasteiger partial charge < -0.3 is 15.4 Å². The minimum atomic E-state index is -0.651. The molecule has 0 atom stereocenters. The van der Waals surface area contributed by atoms with Gasteiger partial charge in [-0.25, -0.2) is 19.2 Å². The second-order valence-corrected chi connectivity index (χ2v) is 16.0. The topological polar surface area (TPSA) is 206 Å². The quantitative estimate of drug-likeness (QED) is 0.0853. The van der Waals surface area contributed by atoms with Crippen LogP contribution < -0.4 is 26.2 Å². The van der Waals surface area contributed by atoms with E-state index in [1.54, 1.807) is 73.7 Å². The minimum Gasteiger partial charge on any atom is -0.443 e. The number of nitrogens with zero attached hydrogens (tertiary/aromatic N) is 7. The lowest BCUT2D eigenvalue weighted by molar-refractivity contribution is -0.125. The van der Waals surface area contributed by atoms with Crippen molar-refractivity contribution in [3.8, 4) is 0 Å². The Balaban J connectivity index is 0.000000164. The molecule has 4 aromatic heterocycles. The van der Waals surface area contributed by atoms with Gasteiger partial charge in [-0.05, 0) is 77.7 Å². The van der Waals surface area contributed by atoms with Crippen molar-refractivity contribution in [2.24, 2.45) is 0 Å². The molecule has 17 nitrogen and oxygen atoms in total. The van der Waals surface area contributed by atoms with Gasteiger partial charge in [-0.1, -0.05) is 17.7 Å². The molecular formula is C40H39ClFN11O6. The Bertz CT molecular complexity index is 2660. The molecule has 1 aromatic carbocycles. The van der Waals surface area contributed by atoms with E-state index in [0.29, 0.717) is 62.5 Å². The molecule has 19 heteroatoms. The van der Waals surface area contributed by atoms with E-state index in [2.05, 4.69) is 41.4 Å². The summed E-state index contributed by atoms with van der Waals surface area (Å²) in [5.41, 5.74) is 3.19. The van der Waals surface area contributed by atoms with E-state index in [4.69, 9.17) is 16.3 Å². The van der Waals surface area contributed by atoms with Gasteiger partial charge in [-0.3, -0.25) is 34.7 Å². The molecule has 2 aliphatic carbocycles. The van der Waals surface area contributed by atoms with Crippen molar-refractivity contribution >= 4 is 87.9 Å². The molecule has 4 fully saturated rings. The van der Waals surface area contributed by atoms with Crippen molar-refractivity contribution in [3.63, 3.8) is 0 Å². The maximum Gasteiger partial charge on any atom is 0.416 e. The molecule has 2 saturated heterocycles. The fraction of sp³-hybridized carbons (Fsp3) is 0.325. The maximum atomic E-state index is 13.9. The summed E-state index contributed by atoms with van der Waals surface area (Å²) < 4.78 is 22.7. The second kappa shape index (κ2) is 15.2. The number of ether oxygens (including phenoxy) is 1. The van der Waals surface area contributed by atoms with Gasteiger partial charge in [0.15, 0.2) is 11.3 Å². The highest BCUT2D eigenvalue weighted by atomic mass is 35.5. The lowest BCUT2D eigenvalue weighted by Gasteiger charge is -2.27. The van der Waals surface area contributed by atoms with E-state index < -0.39 is 23.5 Å². The molecule has 5 aromatic rings. The number of rotatable bonds is 8. The average Bonchev–Trinajstić information content (AvgIpc) is 4.03. The third-order valence-electron chi connectivity index (χ3n) is 9.61. The van der Waals surface area contributed by atoms with Crippen LogP contribution in [0.5, 0.6) is 0 Å². The standard InChI is InChI=1S/C21H19FN6O2.C19H20ClN5O4/c1-11-15(22)3-2-4-16(11)25-17-9-18(24-14-5-6-14)28-20(26-17)13(10-23-28)7-12-8-19(29)27-21(12)30;1-19(2,3)29-18(28)24(12-4-5-12)15-8-13(20)22-16-11(9-21-25(15)16)6-10-7-14(26)23-17(10)27/h2-4,7,9-10,14,24H,5-6,8H2,1H3,(H,25,26)(H,27,29,30);6,8-9,12H,4-5,7H2,1-3H3,(H,23,26,27)/b12-7+;10-6+. The minimum absolute atomic E-state index is 0.00393. The second-order valence-electron chi connectivity index (χ2n) is 15.6. The van der Waals surface area contributed by atoms with Crippen LogP contribution in [0, 0.1) is 12.7 Å². The number of carbonyl (C=O) groups excluding carboxylic acids is 5. The van der Waals surface area contributed by atoms with E-state index in [-0.39, 0.29) is 41.7 Å². The van der Waals surface area contributed by atoms with Crippen molar-refractivity contribution in [1.29, 1.82) is 0 Å². The first-order chi connectivity index (χ1) is 28.1. The van der Waals surface area contributed by atoms with Crippen molar-refractivity contribution in [2.75, 3.05) is 15.5 Å². The Hall–Kier alpha value is -6.69. The lowest BCUT2D eigenvalue weighted by Crippen LogP contribution is -2.39. The summed E-state index contributed by atoms with van der Waals surface area (Å²) in [6, 6.07) is 8.59. The molecule has 59 heavy (non-hydrogen) atoms.